The third kappa shape index (κ3) is 3.33. The van der Waals surface area contributed by atoms with Crippen LogP contribution in [0.1, 0.15) is 52.1 Å². The summed E-state index contributed by atoms with van der Waals surface area (Å²) in [5, 5.41) is 4.34. The Bertz CT molecular complexity index is 943. The van der Waals surface area contributed by atoms with Gasteiger partial charge in [-0.25, -0.2) is 0 Å². The number of carbonyl (C=O) groups is 1. The number of benzene rings is 2. The van der Waals surface area contributed by atoms with Crippen LogP contribution in [0.25, 0.3) is 0 Å². The summed E-state index contributed by atoms with van der Waals surface area (Å²) in [4.78, 5) is 15.8. The predicted octanol–water partition coefficient (Wildman–Crippen LogP) is 6.36. The normalized spacial score (nSPS) is 21.1. The van der Waals surface area contributed by atoms with Crippen LogP contribution in [-0.4, -0.2) is 11.8 Å². The maximum absolute atomic E-state index is 13.4. The molecule has 1 aliphatic carbocycles. The number of nitrogens with one attached hydrogen (secondary N) is 1. The van der Waals surface area contributed by atoms with Gasteiger partial charge in [-0.05, 0) is 55.5 Å². The first-order valence-electron chi connectivity index (χ1n) is 9.93. The number of hydrogen-bond donors (Lipinski definition) is 1. The molecular weight excluding hydrogens is 368 g/mol. The minimum Gasteiger partial charge on any atom is -0.357 e. The molecule has 0 saturated carbocycles. The molecule has 2 aliphatic rings. The number of allylic oxidation sites excluding steroid dienone is 1. The third-order valence-electron chi connectivity index (χ3n) is 5.68. The van der Waals surface area contributed by atoms with E-state index in [1.807, 2.05) is 30.3 Å². The highest BCUT2D eigenvalue weighted by Gasteiger charge is 2.41. The molecule has 0 aromatic heterocycles. The fourth-order valence-corrected chi connectivity index (χ4v) is 4.68. The lowest BCUT2D eigenvalue weighted by Crippen LogP contribution is -2.39. The van der Waals surface area contributed by atoms with Gasteiger partial charge in [0.2, 0.25) is 0 Å². The average molecular weight is 395 g/mol. The summed E-state index contributed by atoms with van der Waals surface area (Å²) in [7, 11) is 0. The van der Waals surface area contributed by atoms with Crippen molar-refractivity contribution in [2.45, 2.75) is 52.6 Å². The molecule has 0 bridgehead atoms. The molecule has 1 atom stereocenters. The van der Waals surface area contributed by atoms with E-state index in [1.165, 1.54) is 0 Å². The van der Waals surface area contributed by atoms with Gasteiger partial charge in [-0.1, -0.05) is 49.7 Å². The van der Waals surface area contributed by atoms with Gasteiger partial charge in [-0.15, -0.1) is 0 Å². The van der Waals surface area contributed by atoms with Crippen molar-refractivity contribution in [2.24, 2.45) is 5.41 Å². The maximum Gasteiger partial charge on any atom is 0.163 e. The van der Waals surface area contributed by atoms with E-state index in [1.54, 1.807) is 0 Å². The molecule has 1 N–H and O–H groups in total. The summed E-state index contributed by atoms with van der Waals surface area (Å²) < 4.78 is 0. The predicted molar refractivity (Wildman–Crippen MR) is 117 cm³/mol. The second-order valence-corrected chi connectivity index (χ2v) is 9.37. The number of anilines is 2. The number of ketones is 1. The van der Waals surface area contributed by atoms with Crippen LogP contribution in [0.5, 0.6) is 0 Å². The Hall–Kier alpha value is -2.26. The van der Waals surface area contributed by atoms with Gasteiger partial charge in [0.1, 0.15) is 0 Å². The van der Waals surface area contributed by atoms with E-state index in [0.29, 0.717) is 11.4 Å². The molecule has 0 amide bonds. The van der Waals surface area contributed by atoms with E-state index in [4.69, 9.17) is 11.6 Å². The van der Waals surface area contributed by atoms with E-state index in [-0.39, 0.29) is 23.3 Å². The van der Waals surface area contributed by atoms with E-state index in [0.717, 1.165) is 34.6 Å². The number of para-hydroxylation sites is 2. The fraction of sp³-hybridized carbons (Fsp3) is 0.375. The lowest BCUT2D eigenvalue weighted by Gasteiger charge is -2.40. The van der Waals surface area contributed by atoms with Crippen molar-refractivity contribution in [1.82, 2.24) is 0 Å². The fourth-order valence-electron chi connectivity index (χ4n) is 4.56. The smallest absolute Gasteiger partial charge is 0.163 e. The lowest BCUT2D eigenvalue weighted by molar-refractivity contribution is -0.118. The average Bonchev–Trinajstić information content (AvgIpc) is 2.75. The molecule has 4 heteroatoms. The van der Waals surface area contributed by atoms with Gasteiger partial charge in [-0.3, -0.25) is 4.79 Å². The summed E-state index contributed by atoms with van der Waals surface area (Å²) in [6.07, 6.45) is 1.43. The summed E-state index contributed by atoms with van der Waals surface area (Å²) in [5.41, 5.74) is 5.18. The summed E-state index contributed by atoms with van der Waals surface area (Å²) in [5.74, 6) is 0.233. The van der Waals surface area contributed by atoms with E-state index in [9.17, 15) is 4.79 Å². The van der Waals surface area contributed by atoms with Crippen LogP contribution >= 0.6 is 11.6 Å². The molecule has 2 aromatic carbocycles. The monoisotopic (exact) mass is 394 g/mol. The number of Topliss-reactive ketones (excluding diaryl/α,β-unsaturated/α-hetero) is 1. The van der Waals surface area contributed by atoms with Crippen molar-refractivity contribution in [3.8, 4) is 0 Å². The molecule has 4 rings (SSSR count). The Morgan fingerprint density at radius 2 is 1.75 bits per heavy atom. The highest BCUT2D eigenvalue weighted by Crippen LogP contribution is 2.48. The SMILES string of the molecule is CC(C)N1c2ccccc2NC2=C(C(=O)CC(C)(C)C2)[C@H]1c1ccc(Cl)cc1. The summed E-state index contributed by atoms with van der Waals surface area (Å²) in [6, 6.07) is 16.4. The van der Waals surface area contributed by atoms with Crippen LogP contribution in [0.3, 0.4) is 0 Å². The second-order valence-electron chi connectivity index (χ2n) is 8.93. The van der Waals surface area contributed by atoms with Crippen molar-refractivity contribution in [3.05, 3.63) is 70.4 Å². The van der Waals surface area contributed by atoms with Crippen LogP contribution < -0.4 is 10.2 Å². The number of nitrogens with zero attached hydrogens (tertiary/aromatic N) is 1. The molecular formula is C24H27ClN2O. The van der Waals surface area contributed by atoms with Crippen molar-refractivity contribution >= 4 is 28.8 Å². The van der Waals surface area contributed by atoms with Gasteiger partial charge < -0.3 is 10.2 Å². The molecule has 0 unspecified atom stereocenters. The van der Waals surface area contributed by atoms with Gasteiger partial charge in [-0.2, -0.15) is 0 Å². The second kappa shape index (κ2) is 6.97. The van der Waals surface area contributed by atoms with Crippen molar-refractivity contribution < 1.29 is 4.79 Å². The zero-order chi connectivity index (χ0) is 20.1. The molecule has 28 heavy (non-hydrogen) atoms. The molecule has 1 aliphatic heterocycles. The Kier molecular flexibility index (Phi) is 4.75. The van der Waals surface area contributed by atoms with E-state index < -0.39 is 0 Å². The Labute approximate surface area is 172 Å². The maximum atomic E-state index is 13.4. The van der Waals surface area contributed by atoms with Gasteiger partial charge in [0, 0.05) is 28.8 Å². The first kappa shape index (κ1) is 19.1. The molecule has 146 valence electrons. The van der Waals surface area contributed by atoms with Gasteiger partial charge in [0.05, 0.1) is 17.4 Å². The first-order valence-corrected chi connectivity index (χ1v) is 10.3. The summed E-state index contributed by atoms with van der Waals surface area (Å²) >= 11 is 6.16. The van der Waals surface area contributed by atoms with Gasteiger partial charge in [0.15, 0.2) is 5.78 Å². The van der Waals surface area contributed by atoms with Gasteiger partial charge >= 0.3 is 0 Å². The number of hydrogen-bond acceptors (Lipinski definition) is 3. The Balaban J connectivity index is 1.99. The number of fused-ring (bicyclic) bond motifs is 1. The molecule has 3 nitrogen and oxygen atoms in total. The van der Waals surface area contributed by atoms with E-state index >= 15 is 0 Å². The highest BCUT2D eigenvalue weighted by molar-refractivity contribution is 6.30. The highest BCUT2D eigenvalue weighted by atomic mass is 35.5. The van der Waals surface area contributed by atoms with Crippen LogP contribution in [0.15, 0.2) is 59.8 Å². The number of halogens is 1. The Morgan fingerprint density at radius 3 is 2.43 bits per heavy atom. The minimum absolute atomic E-state index is 0.0462. The van der Waals surface area contributed by atoms with Crippen LogP contribution in [0.4, 0.5) is 11.4 Å². The van der Waals surface area contributed by atoms with Crippen molar-refractivity contribution in [1.29, 1.82) is 0 Å². The number of rotatable bonds is 2. The van der Waals surface area contributed by atoms with E-state index in [2.05, 4.69) is 56.1 Å². The van der Waals surface area contributed by atoms with Crippen LogP contribution in [-0.2, 0) is 4.79 Å². The molecule has 0 spiro atoms. The standard InChI is InChI=1S/C24H27ClN2O/c1-15(2)27-20-8-6-5-7-18(20)26-19-13-24(3,4)14-21(28)22(19)23(27)16-9-11-17(25)12-10-16/h5-12,15,23,26H,13-14H2,1-4H3/t23-/m1/s1. The van der Waals surface area contributed by atoms with Crippen molar-refractivity contribution in [2.75, 3.05) is 10.2 Å². The third-order valence-corrected chi connectivity index (χ3v) is 5.93. The molecule has 2 aromatic rings. The quantitative estimate of drug-likeness (QED) is 0.642. The van der Waals surface area contributed by atoms with Crippen molar-refractivity contribution in [3.63, 3.8) is 0 Å². The molecule has 1 heterocycles. The molecule has 0 radical (unpaired) electrons. The topological polar surface area (TPSA) is 32.3 Å². The van der Waals surface area contributed by atoms with Gasteiger partial charge in [0.25, 0.3) is 0 Å². The lowest BCUT2D eigenvalue weighted by atomic mass is 9.73. The largest absolute Gasteiger partial charge is 0.357 e. The number of carbonyl (C=O) groups excluding carboxylic acids is 1. The first-order chi connectivity index (χ1) is 13.3. The van der Waals surface area contributed by atoms with Crippen LogP contribution in [0, 0.1) is 5.41 Å². The molecule has 0 saturated heterocycles. The zero-order valence-electron chi connectivity index (χ0n) is 16.9. The Morgan fingerprint density at radius 1 is 1.07 bits per heavy atom. The molecule has 0 fully saturated rings. The van der Waals surface area contributed by atoms with Crippen LogP contribution in [0.2, 0.25) is 5.02 Å². The minimum atomic E-state index is -0.132. The zero-order valence-corrected chi connectivity index (χ0v) is 17.7. The summed E-state index contributed by atoms with van der Waals surface area (Å²) in [6.45, 7) is 8.71.